The van der Waals surface area contributed by atoms with E-state index in [9.17, 15) is 36.7 Å². The van der Waals surface area contributed by atoms with Gasteiger partial charge in [0.15, 0.2) is 0 Å². The summed E-state index contributed by atoms with van der Waals surface area (Å²) >= 11 is 0. The van der Waals surface area contributed by atoms with Crippen LogP contribution in [0.5, 0.6) is 0 Å². The Bertz CT molecular complexity index is 1550. The number of nitrogens with zero attached hydrogens (tertiary/aromatic N) is 1. The number of anilines is 1. The number of carboxylic acid groups (broad SMARTS) is 1. The Kier molecular flexibility index (Phi) is 17.0. The Morgan fingerprint density at radius 2 is 1.22 bits per heavy atom. The highest BCUT2D eigenvalue weighted by Crippen LogP contribution is 2.20. The van der Waals surface area contributed by atoms with Crippen LogP contribution in [0.3, 0.4) is 0 Å². The minimum absolute atomic E-state index is 0.0802. The summed E-state index contributed by atoms with van der Waals surface area (Å²) in [4.78, 5) is 51.7. The first-order valence-electron chi connectivity index (χ1n) is 16.3. The van der Waals surface area contributed by atoms with Crippen molar-refractivity contribution in [3.05, 3.63) is 94.7 Å². The second kappa shape index (κ2) is 20.6. The molecule has 2 aromatic carbocycles. The van der Waals surface area contributed by atoms with Crippen LogP contribution in [0.1, 0.15) is 82.4 Å². The number of carbonyl (C=O) groups is 4. The van der Waals surface area contributed by atoms with Gasteiger partial charge in [-0.2, -0.15) is 0 Å². The number of aliphatic carboxylic acids is 1. The molecule has 1 aromatic heterocycles. The summed E-state index contributed by atoms with van der Waals surface area (Å²) in [6.07, 6.45) is 4.02. The summed E-state index contributed by atoms with van der Waals surface area (Å²) in [6.45, 7) is 7.70. The molecule has 4 atom stereocenters. The molecule has 1 heterocycles. The number of nitrogens with two attached hydrogens (primary N) is 1. The zero-order valence-corrected chi connectivity index (χ0v) is 28.6. The maximum Gasteiger partial charge on any atom is 0.326 e. The predicted octanol–water partition coefficient (Wildman–Crippen LogP) is 5.54. The van der Waals surface area contributed by atoms with Crippen LogP contribution in [0, 0.1) is 23.3 Å². The maximum atomic E-state index is 13.3. The molecule has 0 saturated heterocycles. The number of amides is 3. The van der Waals surface area contributed by atoms with Gasteiger partial charge in [0.2, 0.25) is 17.7 Å². The highest BCUT2D eigenvalue weighted by Gasteiger charge is 2.22. The molecular formula is C36H45F4N5O5. The summed E-state index contributed by atoms with van der Waals surface area (Å²) in [7, 11) is 0. The Labute approximate surface area is 289 Å². The van der Waals surface area contributed by atoms with E-state index in [0.717, 1.165) is 42.3 Å². The second-order valence-electron chi connectivity index (χ2n) is 12.1. The maximum absolute atomic E-state index is 13.3. The van der Waals surface area contributed by atoms with E-state index in [2.05, 4.69) is 27.9 Å². The third-order valence-corrected chi connectivity index (χ3v) is 7.35. The molecule has 272 valence electrons. The molecule has 0 spiro atoms. The lowest BCUT2D eigenvalue weighted by Crippen LogP contribution is -2.44. The molecule has 0 bridgehead atoms. The average molecular weight is 704 g/mol. The van der Waals surface area contributed by atoms with Crippen LogP contribution >= 0.6 is 0 Å². The van der Waals surface area contributed by atoms with Gasteiger partial charge >= 0.3 is 5.97 Å². The second-order valence-corrected chi connectivity index (χ2v) is 12.1. The van der Waals surface area contributed by atoms with Gasteiger partial charge < -0.3 is 26.8 Å². The number of carbonyl (C=O) groups excluding carboxylic acids is 3. The Morgan fingerprint density at radius 3 is 1.62 bits per heavy atom. The van der Waals surface area contributed by atoms with Crippen molar-refractivity contribution in [3.8, 4) is 0 Å². The molecule has 0 aliphatic heterocycles. The fourth-order valence-corrected chi connectivity index (χ4v) is 5.07. The van der Waals surface area contributed by atoms with Crippen LogP contribution in [-0.2, 0) is 32.0 Å². The largest absolute Gasteiger partial charge is 0.480 e. The molecule has 0 radical (unpaired) electrons. The van der Waals surface area contributed by atoms with E-state index < -0.39 is 59.0 Å². The fourth-order valence-electron chi connectivity index (χ4n) is 5.07. The average Bonchev–Trinajstić information content (AvgIpc) is 3.00. The van der Waals surface area contributed by atoms with Crippen LogP contribution in [0.2, 0.25) is 0 Å². The Balaban J connectivity index is 0.000000391. The van der Waals surface area contributed by atoms with Crippen molar-refractivity contribution >= 4 is 29.5 Å². The standard InChI is InChI=1S/C23H30F2N4O2.C13H15F2NO3/c1-4-5-20(28-22(30)11-16-9-18(24)12-19(25)10-16)23(31)29-21-7-6-17(13-27-21)14(2)8-15(3)26;1-2-3-11(13(18)19)16-12(17)6-8-4-9(14)7-10(15)5-8/h6-7,9-10,12-15,20H,4-5,8,11,26H2,1-3H3,(H,28,30)(H,27,29,31);4-5,7,11H,2-3,6H2,1H3,(H,16,17)(H,18,19). The minimum atomic E-state index is -1.12. The minimum Gasteiger partial charge on any atom is -0.480 e. The first-order chi connectivity index (χ1) is 23.6. The highest BCUT2D eigenvalue weighted by atomic mass is 19.1. The van der Waals surface area contributed by atoms with Gasteiger partial charge in [0.05, 0.1) is 12.8 Å². The molecule has 10 nitrogen and oxygen atoms in total. The topological polar surface area (TPSA) is 164 Å². The number of halogens is 4. The van der Waals surface area contributed by atoms with Crippen LogP contribution in [-0.4, -0.2) is 51.9 Å². The molecule has 0 aliphatic rings. The number of hydrogen-bond donors (Lipinski definition) is 5. The van der Waals surface area contributed by atoms with E-state index in [1.54, 1.807) is 19.2 Å². The number of rotatable bonds is 16. The normalized spacial score (nSPS) is 13.1. The molecule has 3 amide bonds. The van der Waals surface area contributed by atoms with Crippen molar-refractivity contribution in [2.75, 3.05) is 5.32 Å². The Morgan fingerprint density at radius 1 is 0.760 bits per heavy atom. The van der Waals surface area contributed by atoms with Gasteiger partial charge in [-0.3, -0.25) is 14.4 Å². The van der Waals surface area contributed by atoms with E-state index in [-0.39, 0.29) is 35.9 Å². The Hall–Kier alpha value is -4.85. The van der Waals surface area contributed by atoms with Gasteiger partial charge in [-0.15, -0.1) is 0 Å². The zero-order chi connectivity index (χ0) is 37.4. The quantitative estimate of drug-likeness (QED) is 0.122. The fraction of sp³-hybridized carbons (Fsp3) is 0.417. The number of pyridine rings is 1. The molecule has 3 rings (SSSR count). The number of carboxylic acids is 1. The van der Waals surface area contributed by atoms with Crippen LogP contribution < -0.4 is 21.7 Å². The molecule has 4 unspecified atom stereocenters. The van der Waals surface area contributed by atoms with Crippen molar-refractivity contribution < 1.29 is 41.8 Å². The van der Waals surface area contributed by atoms with Crippen molar-refractivity contribution in [2.45, 2.75) is 96.7 Å². The lowest BCUT2D eigenvalue weighted by atomic mass is 9.96. The SMILES string of the molecule is CCCC(NC(=O)Cc1cc(F)cc(F)c1)C(=O)Nc1ccc(C(C)CC(C)N)cn1.CCCC(NC(=O)Cc1cc(F)cc(F)c1)C(=O)O. The third-order valence-electron chi connectivity index (χ3n) is 7.35. The first kappa shape index (κ1) is 41.3. The van der Waals surface area contributed by atoms with Crippen LogP contribution in [0.25, 0.3) is 0 Å². The van der Waals surface area contributed by atoms with Crippen molar-refractivity contribution in [3.63, 3.8) is 0 Å². The third kappa shape index (κ3) is 15.1. The van der Waals surface area contributed by atoms with E-state index in [1.165, 1.54) is 0 Å². The molecule has 14 heteroatoms. The smallest absolute Gasteiger partial charge is 0.326 e. The van der Waals surface area contributed by atoms with Gasteiger partial charge in [0.25, 0.3) is 0 Å². The highest BCUT2D eigenvalue weighted by molar-refractivity contribution is 5.96. The van der Waals surface area contributed by atoms with Gasteiger partial charge in [-0.05, 0) is 79.1 Å². The van der Waals surface area contributed by atoms with Crippen LogP contribution in [0.15, 0.2) is 54.7 Å². The molecule has 6 N–H and O–H groups in total. The van der Waals surface area contributed by atoms with E-state index in [1.807, 2.05) is 19.9 Å². The molecule has 50 heavy (non-hydrogen) atoms. The zero-order valence-electron chi connectivity index (χ0n) is 28.6. The van der Waals surface area contributed by atoms with Gasteiger partial charge in [-0.25, -0.2) is 27.3 Å². The summed E-state index contributed by atoms with van der Waals surface area (Å²) in [5.74, 6) is -5.02. The van der Waals surface area contributed by atoms with E-state index in [4.69, 9.17) is 10.8 Å². The molecule has 0 fully saturated rings. The van der Waals surface area contributed by atoms with E-state index in [0.29, 0.717) is 37.6 Å². The number of hydrogen-bond acceptors (Lipinski definition) is 6. The summed E-state index contributed by atoms with van der Waals surface area (Å²) in [5, 5.41) is 16.5. The number of nitrogens with one attached hydrogen (secondary N) is 3. The molecule has 0 aliphatic carbocycles. The lowest BCUT2D eigenvalue weighted by molar-refractivity contribution is -0.142. The summed E-state index contributed by atoms with van der Waals surface area (Å²) in [5.41, 5.74) is 7.23. The van der Waals surface area contributed by atoms with Crippen molar-refractivity contribution in [1.29, 1.82) is 0 Å². The van der Waals surface area contributed by atoms with Gasteiger partial charge in [0, 0.05) is 24.4 Å². The van der Waals surface area contributed by atoms with Crippen LogP contribution in [0.4, 0.5) is 23.4 Å². The first-order valence-corrected chi connectivity index (χ1v) is 16.3. The summed E-state index contributed by atoms with van der Waals surface area (Å²) < 4.78 is 52.5. The van der Waals surface area contributed by atoms with Crippen molar-refractivity contribution in [1.82, 2.24) is 15.6 Å². The monoisotopic (exact) mass is 703 g/mol. The molecular weight excluding hydrogens is 658 g/mol. The van der Waals surface area contributed by atoms with Gasteiger partial charge in [-0.1, -0.05) is 39.7 Å². The predicted molar refractivity (Wildman–Crippen MR) is 181 cm³/mol. The van der Waals surface area contributed by atoms with Crippen molar-refractivity contribution in [2.24, 2.45) is 5.73 Å². The number of aromatic nitrogens is 1. The van der Waals surface area contributed by atoms with E-state index >= 15 is 0 Å². The van der Waals surface area contributed by atoms with Gasteiger partial charge in [0.1, 0.15) is 41.2 Å². The lowest BCUT2D eigenvalue weighted by Gasteiger charge is -2.18. The molecule has 0 saturated carbocycles. The molecule has 3 aromatic rings. The summed E-state index contributed by atoms with van der Waals surface area (Å²) in [6, 6.07) is 7.64. The number of benzene rings is 2.